The van der Waals surface area contributed by atoms with Crippen LogP contribution in [0, 0.1) is 14.9 Å². The van der Waals surface area contributed by atoms with Gasteiger partial charge in [-0.2, -0.15) is 0 Å². The van der Waals surface area contributed by atoms with E-state index in [2.05, 4.69) is 74.6 Å². The van der Waals surface area contributed by atoms with Gasteiger partial charge in [0.2, 0.25) is 0 Å². The molecule has 2 unspecified atom stereocenters. The van der Waals surface area contributed by atoms with Gasteiger partial charge < -0.3 is 5.73 Å². The van der Waals surface area contributed by atoms with E-state index < -0.39 is 0 Å². The molecular formula is C15H24IN. The predicted octanol–water partition coefficient (Wildman–Crippen LogP) is 4.23. The van der Waals surface area contributed by atoms with E-state index in [0.29, 0.717) is 11.3 Å². The zero-order valence-electron chi connectivity index (χ0n) is 11.3. The standard InChI is InChI=1S/C15H24IN/c1-11(15(2,3)4)9-14(17)10-12-5-7-13(16)8-6-12/h5-8,11,14H,9-10,17H2,1-4H3. The maximum Gasteiger partial charge on any atom is 0.0130 e. The van der Waals surface area contributed by atoms with Crippen LogP contribution in [0.1, 0.15) is 39.7 Å². The van der Waals surface area contributed by atoms with Crippen molar-refractivity contribution in [1.82, 2.24) is 0 Å². The lowest BCUT2D eigenvalue weighted by molar-refractivity contribution is 0.233. The van der Waals surface area contributed by atoms with E-state index in [1.54, 1.807) is 0 Å². The van der Waals surface area contributed by atoms with Gasteiger partial charge in [0, 0.05) is 9.61 Å². The summed E-state index contributed by atoms with van der Waals surface area (Å²) in [5.74, 6) is 0.654. The van der Waals surface area contributed by atoms with E-state index in [1.807, 2.05) is 0 Å². The molecule has 0 aromatic heterocycles. The van der Waals surface area contributed by atoms with Crippen molar-refractivity contribution in [2.24, 2.45) is 17.1 Å². The van der Waals surface area contributed by atoms with Crippen LogP contribution in [0.3, 0.4) is 0 Å². The van der Waals surface area contributed by atoms with Gasteiger partial charge in [-0.15, -0.1) is 0 Å². The molecule has 0 radical (unpaired) electrons. The molecule has 0 heterocycles. The average molecular weight is 345 g/mol. The van der Waals surface area contributed by atoms with E-state index in [9.17, 15) is 0 Å². The van der Waals surface area contributed by atoms with Crippen molar-refractivity contribution >= 4 is 22.6 Å². The van der Waals surface area contributed by atoms with E-state index in [0.717, 1.165) is 12.8 Å². The smallest absolute Gasteiger partial charge is 0.0130 e. The first kappa shape index (κ1) is 15.0. The molecule has 0 aliphatic carbocycles. The second-order valence-electron chi connectivity index (χ2n) is 6.09. The number of benzene rings is 1. The lowest BCUT2D eigenvalue weighted by atomic mass is 9.78. The molecule has 17 heavy (non-hydrogen) atoms. The highest BCUT2D eigenvalue weighted by Crippen LogP contribution is 2.29. The predicted molar refractivity (Wildman–Crippen MR) is 84.1 cm³/mol. The Morgan fingerprint density at radius 1 is 1.18 bits per heavy atom. The summed E-state index contributed by atoms with van der Waals surface area (Å²) < 4.78 is 1.28. The summed E-state index contributed by atoms with van der Waals surface area (Å²) in [7, 11) is 0. The van der Waals surface area contributed by atoms with Gasteiger partial charge in [-0.1, -0.05) is 39.8 Å². The highest BCUT2D eigenvalue weighted by atomic mass is 127. The van der Waals surface area contributed by atoms with Crippen molar-refractivity contribution < 1.29 is 0 Å². The number of nitrogens with two attached hydrogens (primary N) is 1. The van der Waals surface area contributed by atoms with Gasteiger partial charge >= 0.3 is 0 Å². The second kappa shape index (κ2) is 6.19. The van der Waals surface area contributed by atoms with Crippen LogP contribution in [0.15, 0.2) is 24.3 Å². The Morgan fingerprint density at radius 2 is 1.71 bits per heavy atom. The van der Waals surface area contributed by atoms with Crippen LogP contribution in [0.25, 0.3) is 0 Å². The van der Waals surface area contributed by atoms with Crippen LogP contribution in [-0.4, -0.2) is 6.04 Å². The molecule has 0 aliphatic heterocycles. The van der Waals surface area contributed by atoms with Crippen molar-refractivity contribution in [2.75, 3.05) is 0 Å². The Hall–Kier alpha value is -0.0900. The largest absolute Gasteiger partial charge is 0.327 e. The van der Waals surface area contributed by atoms with Gasteiger partial charge in [0.05, 0.1) is 0 Å². The van der Waals surface area contributed by atoms with Crippen LogP contribution in [0.2, 0.25) is 0 Å². The van der Waals surface area contributed by atoms with Crippen LogP contribution in [0.4, 0.5) is 0 Å². The van der Waals surface area contributed by atoms with Crippen molar-refractivity contribution in [3.8, 4) is 0 Å². The Morgan fingerprint density at radius 3 is 2.18 bits per heavy atom. The maximum absolute atomic E-state index is 6.24. The third kappa shape index (κ3) is 5.38. The summed E-state index contributed by atoms with van der Waals surface area (Å²) in [6.45, 7) is 9.16. The zero-order chi connectivity index (χ0) is 13.1. The Labute approximate surface area is 119 Å². The third-order valence-corrected chi connectivity index (χ3v) is 4.27. The minimum Gasteiger partial charge on any atom is -0.327 e. The summed E-state index contributed by atoms with van der Waals surface area (Å²) in [4.78, 5) is 0. The van der Waals surface area contributed by atoms with E-state index in [1.165, 1.54) is 9.13 Å². The summed E-state index contributed by atoms with van der Waals surface area (Å²) >= 11 is 2.33. The number of hydrogen-bond donors (Lipinski definition) is 1. The summed E-state index contributed by atoms with van der Waals surface area (Å²) in [5.41, 5.74) is 7.94. The molecule has 0 saturated heterocycles. The first-order chi connectivity index (χ1) is 7.79. The molecule has 0 fully saturated rings. The van der Waals surface area contributed by atoms with Crippen molar-refractivity contribution in [1.29, 1.82) is 0 Å². The zero-order valence-corrected chi connectivity index (χ0v) is 13.5. The molecule has 2 atom stereocenters. The van der Waals surface area contributed by atoms with E-state index >= 15 is 0 Å². The fraction of sp³-hybridized carbons (Fsp3) is 0.600. The highest BCUT2D eigenvalue weighted by molar-refractivity contribution is 14.1. The summed E-state index contributed by atoms with van der Waals surface area (Å²) in [5, 5.41) is 0. The first-order valence-electron chi connectivity index (χ1n) is 6.29. The fourth-order valence-electron chi connectivity index (χ4n) is 1.81. The third-order valence-electron chi connectivity index (χ3n) is 3.55. The van der Waals surface area contributed by atoms with Crippen LogP contribution < -0.4 is 5.73 Å². The molecule has 0 saturated carbocycles. The minimum atomic E-state index is 0.268. The molecule has 1 aromatic carbocycles. The van der Waals surface area contributed by atoms with Gasteiger partial charge in [0.1, 0.15) is 0 Å². The SMILES string of the molecule is CC(CC(N)Cc1ccc(I)cc1)C(C)(C)C. The lowest BCUT2D eigenvalue weighted by Crippen LogP contribution is -2.30. The van der Waals surface area contributed by atoms with Crippen LogP contribution >= 0.6 is 22.6 Å². The quantitative estimate of drug-likeness (QED) is 0.812. The fourth-order valence-corrected chi connectivity index (χ4v) is 2.17. The first-order valence-corrected chi connectivity index (χ1v) is 7.37. The van der Waals surface area contributed by atoms with Gasteiger partial charge in [-0.25, -0.2) is 0 Å². The molecular weight excluding hydrogens is 321 g/mol. The van der Waals surface area contributed by atoms with Gasteiger partial charge in [0.15, 0.2) is 0 Å². The molecule has 2 heteroatoms. The maximum atomic E-state index is 6.24. The lowest BCUT2D eigenvalue weighted by Gasteiger charge is -2.29. The van der Waals surface area contributed by atoms with Crippen LogP contribution in [0.5, 0.6) is 0 Å². The average Bonchev–Trinajstić information content (AvgIpc) is 2.20. The number of rotatable bonds is 4. The molecule has 0 aliphatic rings. The topological polar surface area (TPSA) is 26.0 Å². The Bertz CT molecular complexity index is 337. The molecule has 1 aromatic rings. The molecule has 0 bridgehead atoms. The second-order valence-corrected chi connectivity index (χ2v) is 7.34. The minimum absolute atomic E-state index is 0.268. The number of halogens is 1. The number of hydrogen-bond acceptors (Lipinski definition) is 1. The molecule has 0 spiro atoms. The monoisotopic (exact) mass is 345 g/mol. The summed E-state index contributed by atoms with van der Waals surface area (Å²) in [6, 6.07) is 8.93. The van der Waals surface area contributed by atoms with Crippen molar-refractivity contribution in [3.63, 3.8) is 0 Å². The highest BCUT2D eigenvalue weighted by Gasteiger charge is 2.22. The summed E-state index contributed by atoms with van der Waals surface area (Å²) in [6.07, 6.45) is 2.08. The molecule has 96 valence electrons. The molecule has 1 nitrogen and oxygen atoms in total. The molecule has 2 N–H and O–H groups in total. The van der Waals surface area contributed by atoms with Crippen molar-refractivity contribution in [2.45, 2.75) is 46.6 Å². The van der Waals surface area contributed by atoms with E-state index in [4.69, 9.17) is 5.73 Å². The van der Waals surface area contributed by atoms with E-state index in [-0.39, 0.29) is 6.04 Å². The normalized spacial score (nSPS) is 15.6. The van der Waals surface area contributed by atoms with Crippen molar-refractivity contribution in [3.05, 3.63) is 33.4 Å². The van der Waals surface area contributed by atoms with Crippen LogP contribution in [-0.2, 0) is 6.42 Å². The van der Waals surface area contributed by atoms with Gasteiger partial charge in [-0.05, 0) is 64.5 Å². The Kier molecular flexibility index (Phi) is 5.45. The molecule has 0 amide bonds. The van der Waals surface area contributed by atoms with Gasteiger partial charge in [-0.3, -0.25) is 0 Å². The van der Waals surface area contributed by atoms with Gasteiger partial charge in [0.25, 0.3) is 0 Å². The Balaban J connectivity index is 2.50. The molecule has 1 rings (SSSR count).